The molecule has 1 heterocycles. The van der Waals surface area contributed by atoms with E-state index in [1.165, 1.54) is 17.2 Å². The Balaban J connectivity index is 1.52. The van der Waals surface area contributed by atoms with E-state index in [0.717, 1.165) is 31.7 Å². The van der Waals surface area contributed by atoms with E-state index >= 15 is 0 Å². The molecule has 0 amide bonds. The average molecular weight is 285 g/mol. The number of benzene rings is 2. The van der Waals surface area contributed by atoms with Crippen molar-refractivity contribution in [3.05, 3.63) is 71.0 Å². The van der Waals surface area contributed by atoms with Crippen LogP contribution in [0.15, 0.2) is 48.5 Å². The van der Waals surface area contributed by atoms with Gasteiger partial charge in [-0.1, -0.05) is 42.5 Å². The van der Waals surface area contributed by atoms with Crippen LogP contribution in [0.5, 0.6) is 0 Å². The standard InChI is InChI=1S/C18H20FNO/c19-17-8-4-2-6-15(17)9-11-20-13-18-16-7-3-1-5-14(16)10-12-21-18/h1-8,18,20H,9-13H2. The molecule has 0 spiro atoms. The molecule has 0 radical (unpaired) electrons. The van der Waals surface area contributed by atoms with E-state index < -0.39 is 0 Å². The lowest BCUT2D eigenvalue weighted by atomic mass is 9.97. The molecule has 1 aliphatic rings. The number of hydrogen-bond donors (Lipinski definition) is 1. The van der Waals surface area contributed by atoms with Gasteiger partial charge in [-0.3, -0.25) is 0 Å². The van der Waals surface area contributed by atoms with Crippen LogP contribution in [-0.4, -0.2) is 19.7 Å². The van der Waals surface area contributed by atoms with Gasteiger partial charge >= 0.3 is 0 Å². The van der Waals surface area contributed by atoms with Crippen LogP contribution in [-0.2, 0) is 17.6 Å². The maximum Gasteiger partial charge on any atom is 0.126 e. The summed E-state index contributed by atoms with van der Waals surface area (Å²) >= 11 is 0. The van der Waals surface area contributed by atoms with E-state index in [1.54, 1.807) is 6.07 Å². The predicted octanol–water partition coefficient (Wildman–Crippen LogP) is 3.27. The fourth-order valence-electron chi connectivity index (χ4n) is 2.80. The first-order chi connectivity index (χ1) is 10.3. The number of nitrogens with one attached hydrogen (secondary N) is 1. The molecule has 1 atom stereocenters. The summed E-state index contributed by atoms with van der Waals surface area (Å²) in [6, 6.07) is 15.4. The van der Waals surface area contributed by atoms with Crippen LogP contribution in [0.2, 0.25) is 0 Å². The molecular weight excluding hydrogens is 265 g/mol. The number of fused-ring (bicyclic) bond motifs is 1. The molecule has 2 nitrogen and oxygen atoms in total. The molecule has 0 aliphatic carbocycles. The van der Waals surface area contributed by atoms with E-state index in [0.29, 0.717) is 6.42 Å². The fraction of sp³-hybridized carbons (Fsp3) is 0.333. The largest absolute Gasteiger partial charge is 0.372 e. The van der Waals surface area contributed by atoms with Crippen LogP contribution in [0.1, 0.15) is 22.8 Å². The molecule has 2 aromatic carbocycles. The summed E-state index contributed by atoms with van der Waals surface area (Å²) in [4.78, 5) is 0. The Bertz CT molecular complexity index is 599. The maximum atomic E-state index is 13.5. The summed E-state index contributed by atoms with van der Waals surface area (Å²) < 4.78 is 19.4. The van der Waals surface area contributed by atoms with Crippen molar-refractivity contribution in [2.75, 3.05) is 19.7 Å². The highest BCUT2D eigenvalue weighted by atomic mass is 19.1. The third-order valence-corrected chi connectivity index (χ3v) is 3.95. The van der Waals surface area contributed by atoms with E-state index in [4.69, 9.17) is 4.74 Å². The van der Waals surface area contributed by atoms with Gasteiger partial charge in [-0.15, -0.1) is 0 Å². The predicted molar refractivity (Wildman–Crippen MR) is 81.8 cm³/mol. The topological polar surface area (TPSA) is 21.3 Å². The highest BCUT2D eigenvalue weighted by Crippen LogP contribution is 2.26. The Kier molecular flexibility index (Phi) is 4.63. The minimum Gasteiger partial charge on any atom is -0.372 e. The molecule has 0 saturated heterocycles. The average Bonchev–Trinajstić information content (AvgIpc) is 2.53. The molecule has 0 fully saturated rings. The Morgan fingerprint density at radius 3 is 2.81 bits per heavy atom. The van der Waals surface area contributed by atoms with Gasteiger partial charge in [0.05, 0.1) is 12.7 Å². The van der Waals surface area contributed by atoms with Gasteiger partial charge in [-0.25, -0.2) is 4.39 Å². The molecule has 0 bridgehead atoms. The summed E-state index contributed by atoms with van der Waals surface area (Å²) in [5.41, 5.74) is 3.42. The lowest BCUT2D eigenvalue weighted by Gasteiger charge is -2.26. The molecule has 110 valence electrons. The fourth-order valence-corrected chi connectivity index (χ4v) is 2.80. The molecule has 3 rings (SSSR count). The van der Waals surface area contributed by atoms with E-state index in [9.17, 15) is 4.39 Å². The van der Waals surface area contributed by atoms with Crippen LogP contribution < -0.4 is 5.32 Å². The van der Waals surface area contributed by atoms with Gasteiger partial charge in [0.15, 0.2) is 0 Å². The van der Waals surface area contributed by atoms with Crippen LogP contribution >= 0.6 is 0 Å². The quantitative estimate of drug-likeness (QED) is 0.851. The van der Waals surface area contributed by atoms with Crippen molar-refractivity contribution in [3.63, 3.8) is 0 Å². The van der Waals surface area contributed by atoms with Gasteiger partial charge in [0.1, 0.15) is 5.82 Å². The summed E-state index contributed by atoms with van der Waals surface area (Å²) in [5, 5.41) is 3.38. The highest BCUT2D eigenvalue weighted by molar-refractivity contribution is 5.31. The second-order valence-corrected chi connectivity index (χ2v) is 5.35. The van der Waals surface area contributed by atoms with Gasteiger partial charge in [0.25, 0.3) is 0 Å². The van der Waals surface area contributed by atoms with Crippen LogP contribution in [0.25, 0.3) is 0 Å². The van der Waals surface area contributed by atoms with Crippen molar-refractivity contribution in [2.24, 2.45) is 0 Å². The maximum absolute atomic E-state index is 13.5. The first kappa shape index (κ1) is 14.2. The molecule has 3 heteroatoms. The number of hydrogen-bond acceptors (Lipinski definition) is 2. The molecule has 1 aliphatic heterocycles. The Hall–Kier alpha value is -1.71. The molecule has 0 aromatic heterocycles. The SMILES string of the molecule is Fc1ccccc1CCNCC1OCCc2ccccc21. The first-order valence-electron chi connectivity index (χ1n) is 7.48. The van der Waals surface area contributed by atoms with E-state index in [-0.39, 0.29) is 11.9 Å². The summed E-state index contributed by atoms with van der Waals surface area (Å²) in [7, 11) is 0. The zero-order valence-electron chi connectivity index (χ0n) is 12.0. The van der Waals surface area contributed by atoms with Crippen molar-refractivity contribution in [2.45, 2.75) is 18.9 Å². The third kappa shape index (κ3) is 3.49. The summed E-state index contributed by atoms with van der Waals surface area (Å²) in [5.74, 6) is -0.126. The molecule has 21 heavy (non-hydrogen) atoms. The summed E-state index contributed by atoms with van der Waals surface area (Å²) in [6.45, 7) is 2.30. The van der Waals surface area contributed by atoms with E-state index in [1.807, 2.05) is 12.1 Å². The van der Waals surface area contributed by atoms with Crippen molar-refractivity contribution in [1.29, 1.82) is 0 Å². The second-order valence-electron chi connectivity index (χ2n) is 5.35. The van der Waals surface area contributed by atoms with Gasteiger partial charge in [-0.05, 0) is 42.1 Å². The van der Waals surface area contributed by atoms with Crippen molar-refractivity contribution in [1.82, 2.24) is 5.32 Å². The van der Waals surface area contributed by atoms with Crippen molar-refractivity contribution >= 4 is 0 Å². The lowest BCUT2D eigenvalue weighted by Crippen LogP contribution is -2.28. The minimum atomic E-state index is -0.126. The zero-order valence-corrected chi connectivity index (χ0v) is 12.0. The molecule has 1 unspecified atom stereocenters. The Morgan fingerprint density at radius 1 is 1.10 bits per heavy atom. The van der Waals surface area contributed by atoms with Crippen LogP contribution in [0.4, 0.5) is 4.39 Å². The summed E-state index contributed by atoms with van der Waals surface area (Å²) in [6.07, 6.45) is 1.79. The van der Waals surface area contributed by atoms with Gasteiger partial charge in [0.2, 0.25) is 0 Å². The van der Waals surface area contributed by atoms with Gasteiger partial charge < -0.3 is 10.1 Å². The molecule has 0 saturated carbocycles. The smallest absolute Gasteiger partial charge is 0.126 e. The minimum absolute atomic E-state index is 0.107. The van der Waals surface area contributed by atoms with Crippen molar-refractivity contribution < 1.29 is 9.13 Å². The van der Waals surface area contributed by atoms with Crippen LogP contribution in [0.3, 0.4) is 0 Å². The monoisotopic (exact) mass is 285 g/mol. The number of halogens is 1. The first-order valence-corrected chi connectivity index (χ1v) is 7.48. The zero-order chi connectivity index (χ0) is 14.5. The molecule has 2 aromatic rings. The number of rotatable bonds is 5. The Morgan fingerprint density at radius 2 is 1.90 bits per heavy atom. The normalized spacial score (nSPS) is 17.5. The van der Waals surface area contributed by atoms with E-state index in [2.05, 4.69) is 29.6 Å². The van der Waals surface area contributed by atoms with Crippen LogP contribution in [0, 0.1) is 5.82 Å². The van der Waals surface area contributed by atoms with Gasteiger partial charge in [0, 0.05) is 6.54 Å². The van der Waals surface area contributed by atoms with Gasteiger partial charge in [-0.2, -0.15) is 0 Å². The lowest BCUT2D eigenvalue weighted by molar-refractivity contribution is 0.0427. The third-order valence-electron chi connectivity index (χ3n) is 3.95. The van der Waals surface area contributed by atoms with Crippen molar-refractivity contribution in [3.8, 4) is 0 Å². The molecular formula is C18H20FNO. The second kappa shape index (κ2) is 6.83. The number of ether oxygens (including phenoxy) is 1. The highest BCUT2D eigenvalue weighted by Gasteiger charge is 2.19. The molecule has 1 N–H and O–H groups in total. The Labute approximate surface area is 125 Å².